The minimum absolute atomic E-state index is 0.0998. The van der Waals surface area contributed by atoms with Crippen LogP contribution in [0.1, 0.15) is 31.1 Å². The monoisotopic (exact) mass is 441 g/mol. The molecular formula is C20H31N3O6S. The maximum atomic E-state index is 12.3. The van der Waals surface area contributed by atoms with Gasteiger partial charge in [-0.05, 0) is 39.0 Å². The van der Waals surface area contributed by atoms with Crippen LogP contribution >= 0.6 is 0 Å². The molecule has 1 unspecified atom stereocenters. The number of carbonyl (C=O) groups excluding carboxylic acids is 3. The van der Waals surface area contributed by atoms with Gasteiger partial charge in [-0.3, -0.25) is 4.79 Å². The summed E-state index contributed by atoms with van der Waals surface area (Å²) >= 11 is -0.983. The van der Waals surface area contributed by atoms with E-state index in [9.17, 15) is 18.9 Å². The first kappa shape index (κ1) is 25.6. The van der Waals surface area contributed by atoms with Crippen molar-refractivity contribution < 1.29 is 28.4 Å². The molecule has 2 atom stereocenters. The standard InChI is InChI=1S/C20H31N3O6S/c1-20(2,3)29-19(26)22-15(12-24)13-28-17-8-7-14(11-16(17)23(4)5)18(25)21-9-10-30(6)27/h7-8,11-12,15H,9-10,13H2,1-6H3,(H,21,25)(H,22,26)/t15-,30?/m1/s1. The number of nitrogens with zero attached hydrogens (tertiary/aromatic N) is 1. The number of alkyl carbamates (subject to hydrolysis) is 1. The van der Waals surface area contributed by atoms with Crippen LogP contribution in [0.2, 0.25) is 0 Å². The van der Waals surface area contributed by atoms with E-state index in [1.54, 1.807) is 64.2 Å². The molecule has 0 aliphatic rings. The fraction of sp³-hybridized carbons (Fsp3) is 0.550. The highest BCUT2D eigenvalue weighted by Crippen LogP contribution is 2.28. The summed E-state index contributed by atoms with van der Waals surface area (Å²) < 4.78 is 22.0. The van der Waals surface area contributed by atoms with E-state index >= 15 is 0 Å². The molecule has 0 aliphatic heterocycles. The summed E-state index contributed by atoms with van der Waals surface area (Å²) in [6, 6.07) is 3.98. The van der Waals surface area contributed by atoms with Crippen molar-refractivity contribution >= 4 is 35.1 Å². The third-order valence-corrected chi connectivity index (χ3v) is 4.44. The predicted molar refractivity (Wildman–Crippen MR) is 117 cm³/mol. The van der Waals surface area contributed by atoms with Crippen molar-refractivity contribution in [3.05, 3.63) is 23.8 Å². The van der Waals surface area contributed by atoms with Crippen LogP contribution in [0.5, 0.6) is 5.75 Å². The minimum atomic E-state index is -0.983. The highest BCUT2D eigenvalue weighted by molar-refractivity contribution is 7.90. The van der Waals surface area contributed by atoms with Gasteiger partial charge in [0.15, 0.2) is 0 Å². The molecule has 0 bridgehead atoms. The normalized spacial score (nSPS) is 13.0. The van der Waals surface area contributed by atoms with E-state index in [-0.39, 0.29) is 12.5 Å². The Hall–Kier alpha value is -2.46. The van der Waals surface area contributed by atoms with Crippen molar-refractivity contribution in [1.29, 1.82) is 0 Å². The van der Waals surface area contributed by atoms with Gasteiger partial charge >= 0.3 is 6.09 Å². The Balaban J connectivity index is 2.80. The SMILES string of the molecule is CN(C)c1cc(C(=O)NCC[S+](C)[O-])ccc1OC[C@@H](C=O)NC(=O)OC(C)(C)C. The van der Waals surface area contributed by atoms with Crippen LogP contribution < -0.4 is 20.3 Å². The fourth-order valence-electron chi connectivity index (χ4n) is 2.29. The third kappa shape index (κ3) is 9.36. The molecule has 1 aromatic rings. The summed E-state index contributed by atoms with van der Waals surface area (Å²) in [5, 5.41) is 5.16. The second-order valence-corrected chi connectivity index (χ2v) is 9.36. The lowest BCUT2D eigenvalue weighted by Crippen LogP contribution is -2.43. The van der Waals surface area contributed by atoms with Gasteiger partial charge in [-0.15, -0.1) is 0 Å². The van der Waals surface area contributed by atoms with Crippen molar-refractivity contribution in [2.45, 2.75) is 32.4 Å². The minimum Gasteiger partial charge on any atom is -0.617 e. The van der Waals surface area contributed by atoms with Gasteiger partial charge in [-0.1, -0.05) is 11.2 Å². The zero-order valence-corrected chi connectivity index (χ0v) is 19.1. The first-order valence-corrected chi connectivity index (χ1v) is 11.1. The number of hydrogen-bond donors (Lipinski definition) is 2. The molecular weight excluding hydrogens is 410 g/mol. The number of carbonyl (C=O) groups is 3. The lowest BCUT2D eigenvalue weighted by Gasteiger charge is -2.23. The topological polar surface area (TPSA) is 120 Å². The summed E-state index contributed by atoms with van der Waals surface area (Å²) in [6.07, 6.45) is 1.43. The van der Waals surface area contributed by atoms with E-state index in [4.69, 9.17) is 9.47 Å². The molecule has 1 aromatic carbocycles. The first-order valence-electron chi connectivity index (χ1n) is 9.40. The van der Waals surface area contributed by atoms with E-state index in [1.807, 2.05) is 0 Å². The maximum Gasteiger partial charge on any atom is 0.408 e. The molecule has 168 valence electrons. The van der Waals surface area contributed by atoms with E-state index < -0.39 is 28.9 Å². The largest absolute Gasteiger partial charge is 0.617 e. The number of hydrogen-bond acceptors (Lipinski definition) is 7. The predicted octanol–water partition coefficient (Wildman–Crippen LogP) is 1.33. The number of rotatable bonds is 10. The number of nitrogens with one attached hydrogen (secondary N) is 2. The summed E-state index contributed by atoms with van der Waals surface area (Å²) in [6.45, 7) is 5.39. The molecule has 1 rings (SSSR count). The second-order valence-electron chi connectivity index (χ2n) is 7.81. The number of amides is 2. The van der Waals surface area contributed by atoms with Crippen molar-refractivity contribution in [2.24, 2.45) is 0 Å². The Morgan fingerprint density at radius 2 is 1.97 bits per heavy atom. The summed E-state index contributed by atoms with van der Waals surface area (Å²) in [5.74, 6) is 0.544. The lowest BCUT2D eigenvalue weighted by molar-refractivity contribution is -0.110. The van der Waals surface area contributed by atoms with Gasteiger partial charge in [0.25, 0.3) is 5.91 Å². The molecule has 0 fully saturated rings. The Morgan fingerprint density at radius 3 is 2.50 bits per heavy atom. The van der Waals surface area contributed by atoms with Crippen LogP contribution in [0.3, 0.4) is 0 Å². The molecule has 9 nitrogen and oxygen atoms in total. The van der Waals surface area contributed by atoms with E-state index in [0.29, 0.717) is 35.6 Å². The van der Waals surface area contributed by atoms with Crippen LogP contribution in [-0.2, 0) is 20.7 Å². The fourth-order valence-corrected chi connectivity index (χ4v) is 2.68. The average molecular weight is 442 g/mol. The zero-order chi connectivity index (χ0) is 22.9. The van der Waals surface area contributed by atoms with Crippen molar-refractivity contribution in [2.75, 3.05) is 44.2 Å². The first-order chi connectivity index (χ1) is 13.9. The van der Waals surface area contributed by atoms with Crippen LogP contribution in [0.25, 0.3) is 0 Å². The average Bonchev–Trinajstić information content (AvgIpc) is 2.62. The second kappa shape index (κ2) is 11.7. The van der Waals surface area contributed by atoms with Crippen LogP contribution in [0.4, 0.5) is 10.5 Å². The number of aldehydes is 1. The Kier molecular flexibility index (Phi) is 9.94. The van der Waals surface area contributed by atoms with E-state index in [0.717, 1.165) is 0 Å². The van der Waals surface area contributed by atoms with Gasteiger partial charge in [0.2, 0.25) is 0 Å². The number of anilines is 1. The summed E-state index contributed by atoms with van der Waals surface area (Å²) in [7, 11) is 3.58. The molecule has 0 saturated heterocycles. The molecule has 0 spiro atoms. The smallest absolute Gasteiger partial charge is 0.408 e. The highest BCUT2D eigenvalue weighted by Gasteiger charge is 2.20. The third-order valence-electron chi connectivity index (χ3n) is 3.66. The van der Waals surface area contributed by atoms with Gasteiger partial charge in [-0.25, -0.2) is 4.79 Å². The molecule has 0 saturated carbocycles. The van der Waals surface area contributed by atoms with E-state index in [2.05, 4.69) is 10.6 Å². The van der Waals surface area contributed by atoms with Crippen molar-refractivity contribution in [1.82, 2.24) is 10.6 Å². The summed E-state index contributed by atoms with van der Waals surface area (Å²) in [4.78, 5) is 37.2. The quantitative estimate of drug-likeness (QED) is 0.415. The highest BCUT2D eigenvalue weighted by atomic mass is 32.2. The Morgan fingerprint density at radius 1 is 1.30 bits per heavy atom. The summed E-state index contributed by atoms with van der Waals surface area (Å²) in [5.41, 5.74) is 0.370. The van der Waals surface area contributed by atoms with Gasteiger partial charge in [0.05, 0.1) is 18.5 Å². The maximum absolute atomic E-state index is 12.3. The zero-order valence-electron chi connectivity index (χ0n) is 18.3. The van der Waals surface area contributed by atoms with Crippen LogP contribution in [0.15, 0.2) is 18.2 Å². The van der Waals surface area contributed by atoms with Crippen LogP contribution in [0, 0.1) is 0 Å². The number of benzene rings is 1. The van der Waals surface area contributed by atoms with Crippen molar-refractivity contribution in [3.63, 3.8) is 0 Å². The van der Waals surface area contributed by atoms with Gasteiger partial charge in [-0.2, -0.15) is 0 Å². The Labute approximate surface area is 180 Å². The van der Waals surface area contributed by atoms with Gasteiger partial charge in [0, 0.05) is 19.7 Å². The molecule has 2 N–H and O–H groups in total. The molecule has 0 radical (unpaired) electrons. The Bertz CT molecular complexity index is 734. The molecule has 0 aliphatic carbocycles. The van der Waals surface area contributed by atoms with Gasteiger partial charge in [0.1, 0.15) is 36.0 Å². The molecule has 0 heterocycles. The molecule has 30 heavy (non-hydrogen) atoms. The van der Waals surface area contributed by atoms with Crippen LogP contribution in [-0.4, -0.2) is 73.7 Å². The molecule has 0 aromatic heterocycles. The molecule has 2 amide bonds. The van der Waals surface area contributed by atoms with Gasteiger partial charge < -0.3 is 34.4 Å². The lowest BCUT2D eigenvalue weighted by atomic mass is 10.1. The van der Waals surface area contributed by atoms with Crippen molar-refractivity contribution in [3.8, 4) is 5.75 Å². The van der Waals surface area contributed by atoms with E-state index in [1.165, 1.54) is 0 Å². The number of ether oxygens (including phenoxy) is 2. The molecule has 10 heteroatoms.